The van der Waals surface area contributed by atoms with Crippen molar-refractivity contribution in [2.45, 2.75) is 16.7 Å². The molecule has 242 valence electrons. The predicted octanol–water partition coefficient (Wildman–Crippen LogP) is 13.0. The van der Waals surface area contributed by atoms with Crippen molar-refractivity contribution in [3.8, 4) is 28.3 Å². The lowest BCUT2D eigenvalue weighted by atomic mass is 10.0. The van der Waals surface area contributed by atoms with Crippen LogP contribution >= 0.6 is 23.4 Å². The minimum absolute atomic E-state index is 0.670. The highest BCUT2D eigenvalue weighted by atomic mass is 35.5. The molecule has 0 aliphatic carbocycles. The molecule has 1 aliphatic rings. The maximum atomic E-state index is 6.96. The van der Waals surface area contributed by atoms with Gasteiger partial charge in [-0.1, -0.05) is 126 Å². The van der Waals surface area contributed by atoms with Crippen molar-refractivity contribution >= 4 is 73.0 Å². The summed E-state index contributed by atoms with van der Waals surface area (Å²) in [6.45, 7) is 2.03. The molecule has 0 atom stereocenters. The van der Waals surface area contributed by atoms with Crippen molar-refractivity contribution in [1.29, 1.82) is 0 Å². The third-order valence-electron chi connectivity index (χ3n) is 9.72. The van der Waals surface area contributed by atoms with Gasteiger partial charge >= 0.3 is 0 Å². The maximum Gasteiger partial charge on any atom is 0.235 e. The zero-order chi connectivity index (χ0) is 34.1. The predicted molar refractivity (Wildman–Crippen MR) is 213 cm³/mol. The van der Waals surface area contributed by atoms with Crippen LogP contribution in [-0.2, 0) is 0 Å². The van der Waals surface area contributed by atoms with Crippen LogP contribution in [0.25, 0.3) is 60.9 Å². The van der Waals surface area contributed by atoms with E-state index in [0.717, 1.165) is 71.5 Å². The zero-order valence-electron chi connectivity index (χ0n) is 27.6. The van der Waals surface area contributed by atoms with E-state index in [0.29, 0.717) is 5.95 Å². The fraction of sp³-hybridized carbons (Fsp3) is 0.0222. The number of aryl methyl sites for hydroxylation is 1. The standard InChI is InChI=1S/C45H29ClN4S/c1-28-25-37(30-12-3-2-4-13-30)48-45(47-28)50-39-18-8-7-16-34(39)35-26-31(21-23-40(35)50)32-22-24-41-43(27-32)51-42-20-10-17-36(46)44(42)49(41)38-19-9-14-29-11-5-6-15-33(29)38/h2-27H,1H3. The SMILES string of the molecule is Cc1cc(-c2ccccc2)nc(-n2c3ccccc3c3cc(-c4ccc5c(c4)Sc4cccc(Cl)c4N5c4cccc5ccccc45)ccc32)n1. The van der Waals surface area contributed by atoms with Gasteiger partial charge in [0.25, 0.3) is 0 Å². The van der Waals surface area contributed by atoms with Gasteiger partial charge in [-0.05, 0) is 78.0 Å². The highest BCUT2D eigenvalue weighted by Gasteiger charge is 2.28. The Kier molecular flexibility index (Phi) is 6.98. The van der Waals surface area contributed by atoms with Crippen molar-refractivity contribution in [2.75, 3.05) is 4.90 Å². The molecule has 0 bridgehead atoms. The van der Waals surface area contributed by atoms with Gasteiger partial charge in [-0.25, -0.2) is 9.97 Å². The molecule has 0 saturated heterocycles. The van der Waals surface area contributed by atoms with E-state index in [-0.39, 0.29) is 0 Å². The molecule has 0 amide bonds. The molecule has 4 nitrogen and oxygen atoms in total. The minimum Gasteiger partial charge on any atom is -0.306 e. The Morgan fingerprint density at radius 3 is 2.16 bits per heavy atom. The lowest BCUT2D eigenvalue weighted by Gasteiger charge is -2.34. The molecule has 2 aromatic heterocycles. The van der Waals surface area contributed by atoms with Crippen molar-refractivity contribution in [1.82, 2.24) is 14.5 Å². The number of anilines is 3. The molecule has 1 aliphatic heterocycles. The largest absolute Gasteiger partial charge is 0.306 e. The van der Waals surface area contributed by atoms with Gasteiger partial charge in [0, 0.05) is 37.2 Å². The summed E-state index contributed by atoms with van der Waals surface area (Å²) in [6, 6.07) is 55.6. The quantitative estimate of drug-likeness (QED) is 0.184. The third-order valence-corrected chi connectivity index (χ3v) is 11.1. The van der Waals surface area contributed by atoms with Crippen LogP contribution in [0.15, 0.2) is 168 Å². The Labute approximate surface area is 304 Å². The highest BCUT2D eigenvalue weighted by Crippen LogP contribution is 2.55. The highest BCUT2D eigenvalue weighted by molar-refractivity contribution is 7.99. The Morgan fingerprint density at radius 2 is 1.25 bits per heavy atom. The van der Waals surface area contributed by atoms with Crippen LogP contribution in [0.2, 0.25) is 5.02 Å². The first-order chi connectivity index (χ1) is 25.1. The van der Waals surface area contributed by atoms with E-state index in [2.05, 4.69) is 131 Å². The number of para-hydroxylation sites is 2. The van der Waals surface area contributed by atoms with Gasteiger partial charge in [0.1, 0.15) is 0 Å². The molecule has 9 aromatic rings. The Morgan fingerprint density at radius 1 is 0.529 bits per heavy atom. The fourth-order valence-corrected chi connectivity index (χ4v) is 8.87. The van der Waals surface area contributed by atoms with Crippen molar-refractivity contribution in [3.63, 3.8) is 0 Å². The van der Waals surface area contributed by atoms with Crippen LogP contribution in [0.5, 0.6) is 0 Å². The van der Waals surface area contributed by atoms with E-state index in [9.17, 15) is 0 Å². The Balaban J connectivity index is 1.12. The molecular formula is C45H29ClN4S. The first kappa shape index (κ1) is 30.0. The second-order valence-corrected chi connectivity index (χ2v) is 14.3. The van der Waals surface area contributed by atoms with E-state index in [1.165, 1.54) is 21.1 Å². The number of hydrogen-bond acceptors (Lipinski definition) is 4. The number of fused-ring (bicyclic) bond motifs is 6. The van der Waals surface area contributed by atoms with Crippen molar-refractivity contribution in [2.24, 2.45) is 0 Å². The normalized spacial score (nSPS) is 12.4. The molecular weight excluding hydrogens is 664 g/mol. The third kappa shape index (κ3) is 4.92. The van der Waals surface area contributed by atoms with Crippen LogP contribution in [-0.4, -0.2) is 14.5 Å². The summed E-state index contributed by atoms with van der Waals surface area (Å²) in [5.41, 5.74) is 10.6. The number of aromatic nitrogens is 3. The zero-order valence-corrected chi connectivity index (χ0v) is 29.2. The summed E-state index contributed by atoms with van der Waals surface area (Å²) in [7, 11) is 0. The van der Waals surface area contributed by atoms with E-state index in [4.69, 9.17) is 21.6 Å². The van der Waals surface area contributed by atoms with Crippen LogP contribution in [0, 0.1) is 6.92 Å². The molecule has 0 radical (unpaired) electrons. The van der Waals surface area contributed by atoms with E-state index in [1.807, 2.05) is 43.3 Å². The Hall–Kier alpha value is -5.88. The van der Waals surface area contributed by atoms with Gasteiger partial charge < -0.3 is 4.90 Å². The molecule has 10 rings (SSSR count). The molecule has 0 N–H and O–H groups in total. The van der Waals surface area contributed by atoms with Gasteiger partial charge in [0.05, 0.1) is 38.8 Å². The summed E-state index contributed by atoms with van der Waals surface area (Å²) in [6.07, 6.45) is 0. The lowest BCUT2D eigenvalue weighted by molar-refractivity contribution is 0.968. The van der Waals surface area contributed by atoms with Gasteiger partial charge in [-0.2, -0.15) is 0 Å². The summed E-state index contributed by atoms with van der Waals surface area (Å²) in [4.78, 5) is 14.7. The van der Waals surface area contributed by atoms with Crippen LogP contribution in [0.3, 0.4) is 0 Å². The molecule has 6 heteroatoms. The average Bonchev–Trinajstić information content (AvgIpc) is 3.51. The molecule has 0 unspecified atom stereocenters. The average molecular weight is 693 g/mol. The van der Waals surface area contributed by atoms with E-state index in [1.54, 1.807) is 11.8 Å². The van der Waals surface area contributed by atoms with Gasteiger partial charge in [-0.3, -0.25) is 4.57 Å². The molecule has 0 saturated carbocycles. The second kappa shape index (κ2) is 11.9. The lowest BCUT2D eigenvalue weighted by Crippen LogP contribution is -2.15. The smallest absolute Gasteiger partial charge is 0.235 e. The number of rotatable bonds is 4. The topological polar surface area (TPSA) is 34.0 Å². The summed E-state index contributed by atoms with van der Waals surface area (Å²) >= 11 is 8.73. The van der Waals surface area contributed by atoms with Crippen molar-refractivity contribution in [3.05, 3.63) is 168 Å². The number of hydrogen-bond donors (Lipinski definition) is 0. The molecule has 3 heterocycles. The summed E-state index contributed by atoms with van der Waals surface area (Å²) < 4.78 is 2.19. The monoisotopic (exact) mass is 692 g/mol. The van der Waals surface area contributed by atoms with Crippen LogP contribution in [0.1, 0.15) is 5.69 Å². The van der Waals surface area contributed by atoms with E-state index < -0.39 is 0 Å². The van der Waals surface area contributed by atoms with Gasteiger partial charge in [0.2, 0.25) is 5.95 Å². The molecule has 0 spiro atoms. The molecule has 51 heavy (non-hydrogen) atoms. The van der Waals surface area contributed by atoms with Crippen LogP contribution in [0.4, 0.5) is 17.1 Å². The minimum atomic E-state index is 0.670. The van der Waals surface area contributed by atoms with Crippen LogP contribution < -0.4 is 4.90 Å². The first-order valence-electron chi connectivity index (χ1n) is 16.9. The van der Waals surface area contributed by atoms with E-state index >= 15 is 0 Å². The Bertz CT molecular complexity index is 2820. The first-order valence-corrected chi connectivity index (χ1v) is 18.1. The van der Waals surface area contributed by atoms with Crippen molar-refractivity contribution < 1.29 is 0 Å². The van der Waals surface area contributed by atoms with Gasteiger partial charge in [0.15, 0.2) is 0 Å². The maximum absolute atomic E-state index is 6.96. The summed E-state index contributed by atoms with van der Waals surface area (Å²) in [5.74, 6) is 0.670. The number of nitrogens with zero attached hydrogens (tertiary/aromatic N) is 4. The molecule has 0 fully saturated rings. The number of benzene rings is 7. The molecule has 7 aromatic carbocycles. The fourth-order valence-electron chi connectivity index (χ4n) is 7.43. The number of halogens is 1. The second-order valence-electron chi connectivity index (χ2n) is 12.8. The van der Waals surface area contributed by atoms with Gasteiger partial charge in [-0.15, -0.1) is 0 Å². The summed E-state index contributed by atoms with van der Waals surface area (Å²) in [5, 5.41) is 5.44.